The van der Waals surface area contributed by atoms with E-state index in [1.807, 2.05) is 25.1 Å². The Morgan fingerprint density at radius 2 is 1.83 bits per heavy atom. The molecule has 0 aliphatic rings. The average Bonchev–Trinajstić information content (AvgIpc) is 3.11. The highest BCUT2D eigenvalue weighted by atomic mass is 16.6. The highest BCUT2D eigenvalue weighted by Gasteiger charge is 2.18. The topological polar surface area (TPSA) is 98.3 Å². The number of nitro benzene ring substituents is 1. The highest BCUT2D eigenvalue weighted by Crippen LogP contribution is 2.27. The standard InChI is InChI=1S/C22H17N3O4/c1-13-6-11-18-20(12-13)29-22(24-18)15-7-9-16(10-8-15)23-21(26)17-4-3-5-19(14(17)2)25(27)28/h3-12H,1-2H3,(H,23,26). The highest BCUT2D eigenvalue weighted by molar-refractivity contribution is 6.05. The van der Waals surface area contributed by atoms with Crippen molar-refractivity contribution in [2.75, 3.05) is 5.32 Å². The Morgan fingerprint density at radius 1 is 1.07 bits per heavy atom. The van der Waals surface area contributed by atoms with Gasteiger partial charge < -0.3 is 9.73 Å². The lowest BCUT2D eigenvalue weighted by Gasteiger charge is -2.08. The molecular formula is C22H17N3O4. The van der Waals surface area contributed by atoms with Gasteiger partial charge in [-0.1, -0.05) is 12.1 Å². The molecule has 1 N–H and O–H groups in total. The van der Waals surface area contributed by atoms with Crippen LogP contribution < -0.4 is 5.32 Å². The third-order valence-electron chi connectivity index (χ3n) is 4.68. The fourth-order valence-electron chi connectivity index (χ4n) is 3.12. The maximum atomic E-state index is 12.5. The molecule has 0 bridgehead atoms. The van der Waals surface area contributed by atoms with E-state index in [-0.39, 0.29) is 11.3 Å². The molecule has 29 heavy (non-hydrogen) atoms. The van der Waals surface area contributed by atoms with Crippen LogP contribution in [0.2, 0.25) is 0 Å². The average molecular weight is 387 g/mol. The zero-order valence-corrected chi connectivity index (χ0v) is 15.8. The van der Waals surface area contributed by atoms with Gasteiger partial charge in [0.25, 0.3) is 11.6 Å². The zero-order chi connectivity index (χ0) is 20.5. The van der Waals surface area contributed by atoms with E-state index in [1.54, 1.807) is 37.3 Å². The Bertz CT molecular complexity index is 1240. The number of carbonyl (C=O) groups excluding carboxylic acids is 1. The number of carbonyl (C=O) groups is 1. The molecular weight excluding hydrogens is 370 g/mol. The van der Waals surface area contributed by atoms with Crippen LogP contribution in [0.5, 0.6) is 0 Å². The van der Waals surface area contributed by atoms with E-state index in [0.29, 0.717) is 17.1 Å². The van der Waals surface area contributed by atoms with Crippen molar-refractivity contribution >= 4 is 28.4 Å². The summed E-state index contributed by atoms with van der Waals surface area (Å²) in [5.74, 6) is 0.0919. The van der Waals surface area contributed by atoms with Gasteiger partial charge in [0.05, 0.1) is 4.92 Å². The summed E-state index contributed by atoms with van der Waals surface area (Å²) in [6.07, 6.45) is 0. The van der Waals surface area contributed by atoms with Crippen LogP contribution in [0.1, 0.15) is 21.5 Å². The molecule has 0 radical (unpaired) electrons. The number of amides is 1. The third kappa shape index (κ3) is 3.58. The molecule has 1 aromatic heterocycles. The molecule has 0 saturated heterocycles. The summed E-state index contributed by atoms with van der Waals surface area (Å²) in [4.78, 5) is 27.6. The molecule has 0 aliphatic heterocycles. The number of hydrogen-bond acceptors (Lipinski definition) is 5. The SMILES string of the molecule is Cc1ccc2nc(-c3ccc(NC(=O)c4cccc([N+](=O)[O-])c4C)cc3)oc2c1. The van der Waals surface area contributed by atoms with Crippen molar-refractivity contribution in [3.63, 3.8) is 0 Å². The largest absolute Gasteiger partial charge is 0.436 e. The number of hydrogen-bond donors (Lipinski definition) is 1. The lowest BCUT2D eigenvalue weighted by Crippen LogP contribution is -2.14. The van der Waals surface area contributed by atoms with Gasteiger partial charge in [0.2, 0.25) is 5.89 Å². The predicted octanol–water partition coefficient (Wildman–Crippen LogP) is 5.27. The van der Waals surface area contributed by atoms with E-state index < -0.39 is 10.8 Å². The number of rotatable bonds is 4. The van der Waals surface area contributed by atoms with Crippen molar-refractivity contribution in [3.05, 3.63) is 87.5 Å². The van der Waals surface area contributed by atoms with Crippen LogP contribution in [0.15, 0.2) is 65.1 Å². The normalized spacial score (nSPS) is 10.8. The van der Waals surface area contributed by atoms with Crippen molar-refractivity contribution in [2.24, 2.45) is 0 Å². The molecule has 3 aromatic carbocycles. The van der Waals surface area contributed by atoms with Crippen LogP contribution in [-0.4, -0.2) is 15.8 Å². The Hall–Kier alpha value is -4.00. The molecule has 1 heterocycles. The van der Waals surface area contributed by atoms with Crippen LogP contribution in [0.25, 0.3) is 22.6 Å². The molecule has 0 spiro atoms. The first kappa shape index (κ1) is 18.4. The number of benzene rings is 3. The molecule has 144 valence electrons. The fraction of sp³-hybridized carbons (Fsp3) is 0.0909. The number of nitro groups is 1. The van der Waals surface area contributed by atoms with Crippen molar-refractivity contribution in [1.82, 2.24) is 4.98 Å². The summed E-state index contributed by atoms with van der Waals surface area (Å²) >= 11 is 0. The van der Waals surface area contributed by atoms with Crippen molar-refractivity contribution in [2.45, 2.75) is 13.8 Å². The summed E-state index contributed by atoms with van der Waals surface area (Å²) < 4.78 is 5.81. The van der Waals surface area contributed by atoms with E-state index >= 15 is 0 Å². The maximum absolute atomic E-state index is 12.5. The van der Waals surface area contributed by atoms with E-state index in [4.69, 9.17) is 4.42 Å². The summed E-state index contributed by atoms with van der Waals surface area (Å²) in [6.45, 7) is 3.55. The van der Waals surface area contributed by atoms with Crippen LogP contribution in [0.4, 0.5) is 11.4 Å². The second kappa shape index (κ2) is 7.20. The zero-order valence-electron chi connectivity index (χ0n) is 15.8. The van der Waals surface area contributed by atoms with Crippen LogP contribution >= 0.6 is 0 Å². The van der Waals surface area contributed by atoms with Gasteiger partial charge in [-0.05, 0) is 61.9 Å². The Kier molecular flexibility index (Phi) is 4.56. The number of aryl methyl sites for hydroxylation is 1. The van der Waals surface area contributed by atoms with Gasteiger partial charge in [0.1, 0.15) is 5.52 Å². The van der Waals surface area contributed by atoms with Gasteiger partial charge in [0.15, 0.2) is 5.58 Å². The summed E-state index contributed by atoms with van der Waals surface area (Å²) in [5, 5.41) is 13.8. The third-order valence-corrected chi connectivity index (χ3v) is 4.68. The minimum absolute atomic E-state index is 0.0841. The molecule has 0 saturated carbocycles. The van der Waals surface area contributed by atoms with E-state index in [1.165, 1.54) is 12.1 Å². The van der Waals surface area contributed by atoms with Crippen LogP contribution in [0.3, 0.4) is 0 Å². The molecule has 0 atom stereocenters. The van der Waals surface area contributed by atoms with Crippen LogP contribution in [-0.2, 0) is 0 Å². The monoisotopic (exact) mass is 387 g/mol. The predicted molar refractivity (Wildman–Crippen MR) is 110 cm³/mol. The number of oxazole rings is 1. The van der Waals surface area contributed by atoms with Crippen molar-refractivity contribution < 1.29 is 14.1 Å². The van der Waals surface area contributed by atoms with Gasteiger partial charge in [0, 0.05) is 28.4 Å². The van der Waals surface area contributed by atoms with E-state index in [9.17, 15) is 14.9 Å². The first-order valence-electron chi connectivity index (χ1n) is 8.95. The van der Waals surface area contributed by atoms with Gasteiger partial charge in [-0.25, -0.2) is 4.98 Å². The quantitative estimate of drug-likeness (QED) is 0.380. The van der Waals surface area contributed by atoms with Crippen molar-refractivity contribution in [1.29, 1.82) is 0 Å². The number of nitrogens with zero attached hydrogens (tertiary/aromatic N) is 2. The van der Waals surface area contributed by atoms with E-state index in [0.717, 1.165) is 22.2 Å². The molecule has 0 unspecified atom stereocenters. The fourth-order valence-corrected chi connectivity index (χ4v) is 3.12. The van der Waals surface area contributed by atoms with Gasteiger partial charge in [-0.2, -0.15) is 0 Å². The van der Waals surface area contributed by atoms with Gasteiger partial charge in [-0.15, -0.1) is 0 Å². The lowest BCUT2D eigenvalue weighted by atomic mass is 10.1. The Morgan fingerprint density at radius 3 is 2.55 bits per heavy atom. The smallest absolute Gasteiger partial charge is 0.273 e. The minimum Gasteiger partial charge on any atom is -0.436 e. The molecule has 0 fully saturated rings. The second-order valence-electron chi connectivity index (χ2n) is 6.73. The minimum atomic E-state index is -0.497. The first-order valence-corrected chi connectivity index (χ1v) is 8.95. The van der Waals surface area contributed by atoms with Crippen LogP contribution in [0, 0.1) is 24.0 Å². The number of nitrogens with one attached hydrogen (secondary N) is 1. The Balaban J connectivity index is 1.56. The molecule has 7 heteroatoms. The van der Waals surface area contributed by atoms with Gasteiger partial charge in [-0.3, -0.25) is 14.9 Å². The summed E-state index contributed by atoms with van der Waals surface area (Å²) in [7, 11) is 0. The van der Waals surface area contributed by atoms with Gasteiger partial charge >= 0.3 is 0 Å². The molecule has 4 rings (SSSR count). The number of fused-ring (bicyclic) bond motifs is 1. The second-order valence-corrected chi connectivity index (χ2v) is 6.73. The lowest BCUT2D eigenvalue weighted by molar-refractivity contribution is -0.385. The van der Waals surface area contributed by atoms with Crippen molar-refractivity contribution in [3.8, 4) is 11.5 Å². The molecule has 1 amide bonds. The Labute approximate surface area is 166 Å². The summed E-state index contributed by atoms with van der Waals surface area (Å²) in [5.41, 5.74) is 4.45. The number of anilines is 1. The molecule has 0 aliphatic carbocycles. The van der Waals surface area contributed by atoms with E-state index in [2.05, 4.69) is 10.3 Å². The number of aromatic nitrogens is 1. The molecule has 4 aromatic rings. The maximum Gasteiger partial charge on any atom is 0.273 e. The molecule has 7 nitrogen and oxygen atoms in total. The first-order chi connectivity index (χ1) is 13.9. The summed E-state index contributed by atoms with van der Waals surface area (Å²) in [6, 6.07) is 17.3.